The van der Waals surface area contributed by atoms with Crippen molar-refractivity contribution in [3.63, 3.8) is 0 Å². The van der Waals surface area contributed by atoms with Crippen LogP contribution in [0.15, 0.2) is 29.4 Å². The van der Waals surface area contributed by atoms with Crippen LogP contribution < -0.4 is 5.73 Å². The summed E-state index contributed by atoms with van der Waals surface area (Å²) in [5.74, 6) is -2.88. The topological polar surface area (TPSA) is 38.4 Å². The largest absolute Gasteiger partial charge is 0.398 e. The molecule has 0 saturated carbocycles. The second-order valence-electron chi connectivity index (χ2n) is 4.20. The molecule has 0 heterocycles. The summed E-state index contributed by atoms with van der Waals surface area (Å²) in [7, 11) is 0. The smallest absolute Gasteiger partial charge is 0.270 e. The molecule has 2 nitrogen and oxygen atoms in total. The van der Waals surface area contributed by atoms with Gasteiger partial charge in [0.15, 0.2) is 0 Å². The maximum atomic E-state index is 13.4. The Morgan fingerprint density at radius 3 is 2.61 bits per heavy atom. The third-order valence-corrected chi connectivity index (χ3v) is 2.65. The Balaban J connectivity index is 3.19. The van der Waals surface area contributed by atoms with Crippen LogP contribution in [0.2, 0.25) is 0 Å². The first-order valence-electron chi connectivity index (χ1n) is 5.83. The summed E-state index contributed by atoms with van der Waals surface area (Å²) < 4.78 is 26.7. The molecule has 0 aromatic heterocycles. The number of aliphatic imine (C=N–C) groups is 1. The van der Waals surface area contributed by atoms with Crippen molar-refractivity contribution in [2.45, 2.75) is 33.1 Å². The molecular weight excluding hydrogens is 234 g/mol. The number of benzene rings is 1. The highest BCUT2D eigenvalue weighted by molar-refractivity contribution is 5.89. The normalized spacial score (nSPS) is 12.7. The number of halogens is 2. The van der Waals surface area contributed by atoms with Gasteiger partial charge in [-0.05, 0) is 25.0 Å². The minimum Gasteiger partial charge on any atom is -0.398 e. The molecular formula is C14H18F2N2. The fourth-order valence-electron chi connectivity index (χ4n) is 1.68. The number of anilines is 1. The quantitative estimate of drug-likeness (QED) is 0.637. The predicted molar refractivity (Wildman–Crippen MR) is 72.2 cm³/mol. The van der Waals surface area contributed by atoms with E-state index in [4.69, 9.17) is 5.73 Å². The first kappa shape index (κ1) is 14.4. The van der Waals surface area contributed by atoms with E-state index in [0.29, 0.717) is 16.8 Å². The summed E-state index contributed by atoms with van der Waals surface area (Å²) in [5, 5.41) is 0. The van der Waals surface area contributed by atoms with E-state index < -0.39 is 5.92 Å². The first-order chi connectivity index (χ1) is 8.38. The van der Waals surface area contributed by atoms with Gasteiger partial charge in [-0.1, -0.05) is 19.1 Å². The highest BCUT2D eigenvalue weighted by Crippen LogP contribution is 2.32. The van der Waals surface area contributed by atoms with Gasteiger partial charge in [-0.2, -0.15) is 0 Å². The van der Waals surface area contributed by atoms with Crippen LogP contribution >= 0.6 is 0 Å². The molecule has 0 atom stereocenters. The van der Waals surface area contributed by atoms with Crippen molar-refractivity contribution in [1.82, 2.24) is 0 Å². The number of alkyl halides is 2. The molecule has 0 saturated heterocycles. The van der Waals surface area contributed by atoms with Gasteiger partial charge in [-0.25, -0.2) is 8.78 Å². The fraction of sp³-hybridized carbons (Fsp3) is 0.357. The zero-order valence-electron chi connectivity index (χ0n) is 10.9. The van der Waals surface area contributed by atoms with E-state index in [-0.39, 0.29) is 5.56 Å². The van der Waals surface area contributed by atoms with Gasteiger partial charge in [0, 0.05) is 36.2 Å². The van der Waals surface area contributed by atoms with Crippen molar-refractivity contribution in [2.24, 2.45) is 4.99 Å². The van der Waals surface area contributed by atoms with Crippen molar-refractivity contribution in [3.05, 3.63) is 41.1 Å². The Kier molecular flexibility index (Phi) is 4.59. The molecule has 0 aliphatic heterocycles. The molecule has 1 aromatic carbocycles. The Morgan fingerprint density at radius 2 is 2.06 bits per heavy atom. The lowest BCUT2D eigenvalue weighted by Gasteiger charge is -2.16. The van der Waals surface area contributed by atoms with E-state index in [0.717, 1.165) is 13.3 Å². The minimum absolute atomic E-state index is 0.0161. The van der Waals surface area contributed by atoms with Crippen LogP contribution in [0.4, 0.5) is 14.5 Å². The van der Waals surface area contributed by atoms with E-state index in [9.17, 15) is 8.78 Å². The van der Waals surface area contributed by atoms with Gasteiger partial charge in [0.1, 0.15) is 0 Å². The van der Waals surface area contributed by atoms with Crippen LogP contribution in [0.25, 0.3) is 0 Å². The molecule has 0 aliphatic rings. The summed E-state index contributed by atoms with van der Waals surface area (Å²) in [4.78, 5) is 4.05. The lowest BCUT2D eigenvalue weighted by Crippen LogP contribution is -2.12. The highest BCUT2D eigenvalue weighted by Gasteiger charge is 2.27. The maximum absolute atomic E-state index is 13.4. The van der Waals surface area contributed by atoms with Gasteiger partial charge in [-0.3, -0.25) is 4.99 Å². The van der Waals surface area contributed by atoms with Gasteiger partial charge in [0.05, 0.1) is 0 Å². The first-order valence-corrected chi connectivity index (χ1v) is 5.83. The lowest BCUT2D eigenvalue weighted by atomic mass is 9.97. The van der Waals surface area contributed by atoms with Crippen LogP contribution in [0, 0.1) is 6.92 Å². The molecule has 4 heteroatoms. The van der Waals surface area contributed by atoms with Gasteiger partial charge >= 0.3 is 0 Å². The summed E-state index contributed by atoms with van der Waals surface area (Å²) in [6.45, 7) is 4.50. The zero-order chi connectivity index (χ0) is 13.8. The SMILES string of the molecule is CC/C=C/N=Cc1c(N)ccc(C(C)(F)F)c1C. The van der Waals surface area contributed by atoms with Crippen LogP contribution in [-0.4, -0.2) is 6.21 Å². The molecule has 1 aromatic rings. The van der Waals surface area contributed by atoms with Gasteiger partial charge < -0.3 is 5.73 Å². The van der Waals surface area contributed by atoms with Crippen molar-refractivity contribution < 1.29 is 8.78 Å². The van der Waals surface area contributed by atoms with Crippen molar-refractivity contribution in [3.8, 4) is 0 Å². The lowest BCUT2D eigenvalue weighted by molar-refractivity contribution is 0.0168. The summed E-state index contributed by atoms with van der Waals surface area (Å²) in [5.41, 5.74) is 7.24. The van der Waals surface area contributed by atoms with Crippen LogP contribution in [0.3, 0.4) is 0 Å². The van der Waals surface area contributed by atoms with Crippen LogP contribution in [0.1, 0.15) is 37.0 Å². The summed E-state index contributed by atoms with van der Waals surface area (Å²) in [6.07, 6.45) is 5.90. The number of nitrogens with zero attached hydrogens (tertiary/aromatic N) is 1. The van der Waals surface area contributed by atoms with Crippen molar-refractivity contribution in [1.29, 1.82) is 0 Å². The second-order valence-corrected chi connectivity index (χ2v) is 4.20. The van der Waals surface area contributed by atoms with Gasteiger partial charge in [0.2, 0.25) is 0 Å². The van der Waals surface area contributed by atoms with E-state index in [2.05, 4.69) is 4.99 Å². The number of hydrogen-bond donors (Lipinski definition) is 1. The van der Waals surface area contributed by atoms with E-state index in [1.165, 1.54) is 18.3 Å². The Morgan fingerprint density at radius 1 is 1.39 bits per heavy atom. The molecule has 0 bridgehead atoms. The Hall–Kier alpha value is -1.71. The number of allylic oxidation sites excluding steroid dienone is 1. The molecule has 0 spiro atoms. The van der Waals surface area contributed by atoms with Crippen LogP contribution in [-0.2, 0) is 5.92 Å². The maximum Gasteiger partial charge on any atom is 0.270 e. The van der Waals surface area contributed by atoms with E-state index in [1.54, 1.807) is 13.1 Å². The molecule has 0 aliphatic carbocycles. The van der Waals surface area contributed by atoms with E-state index in [1.807, 2.05) is 13.0 Å². The fourth-order valence-corrected chi connectivity index (χ4v) is 1.68. The summed E-state index contributed by atoms with van der Waals surface area (Å²) in [6, 6.07) is 2.86. The number of nitrogen functional groups attached to an aromatic ring is 1. The van der Waals surface area contributed by atoms with Crippen LogP contribution in [0.5, 0.6) is 0 Å². The molecule has 0 unspecified atom stereocenters. The highest BCUT2D eigenvalue weighted by atomic mass is 19.3. The number of rotatable bonds is 4. The third-order valence-electron chi connectivity index (χ3n) is 2.65. The van der Waals surface area contributed by atoms with Crippen molar-refractivity contribution >= 4 is 11.9 Å². The average molecular weight is 252 g/mol. The monoisotopic (exact) mass is 252 g/mol. The third kappa shape index (κ3) is 3.39. The van der Waals surface area contributed by atoms with Gasteiger partial charge in [-0.15, -0.1) is 0 Å². The average Bonchev–Trinajstić information content (AvgIpc) is 2.26. The van der Waals surface area contributed by atoms with Crippen molar-refractivity contribution in [2.75, 3.05) is 5.73 Å². The Labute approximate surface area is 106 Å². The zero-order valence-corrected chi connectivity index (χ0v) is 10.9. The number of nitrogens with two attached hydrogens (primary N) is 1. The second kappa shape index (κ2) is 5.76. The molecule has 0 radical (unpaired) electrons. The van der Waals surface area contributed by atoms with Gasteiger partial charge in [0.25, 0.3) is 5.92 Å². The number of hydrogen-bond acceptors (Lipinski definition) is 2. The summed E-state index contributed by atoms with van der Waals surface area (Å²) >= 11 is 0. The molecule has 1 rings (SSSR count). The predicted octanol–water partition coefficient (Wildman–Crippen LogP) is 4.03. The molecule has 0 fully saturated rings. The Bertz CT molecular complexity index is 471. The molecule has 18 heavy (non-hydrogen) atoms. The van der Waals surface area contributed by atoms with E-state index >= 15 is 0 Å². The standard InChI is InChI=1S/C14H18F2N2/c1-4-5-8-18-9-11-10(2)12(14(3,15)16)6-7-13(11)17/h5-9H,4,17H2,1-3H3/b8-5+,18-9?. The molecule has 0 amide bonds. The minimum atomic E-state index is -2.88. The molecule has 2 N–H and O–H groups in total. The molecule has 98 valence electrons.